The molecule has 1 aromatic carbocycles. The van der Waals surface area contributed by atoms with Crippen LogP contribution >= 0.6 is 0 Å². The Hall–Kier alpha value is -1.92. The van der Waals surface area contributed by atoms with Crippen LogP contribution in [0.2, 0.25) is 0 Å². The number of nitrogens with zero attached hydrogens (tertiary/aromatic N) is 1. The number of hydrogen-bond acceptors (Lipinski definition) is 4. The second-order valence-corrected chi connectivity index (χ2v) is 6.90. The number of carbonyl (C=O) groups excluding carboxylic acids is 2. The summed E-state index contributed by atoms with van der Waals surface area (Å²) < 4.78 is 5.31. The number of rotatable bonds is 6. The van der Waals surface area contributed by atoms with Gasteiger partial charge in [0.15, 0.2) is 0 Å². The average molecular weight is 347 g/mol. The fourth-order valence-corrected chi connectivity index (χ4v) is 3.06. The molecule has 1 aliphatic rings. The van der Waals surface area contributed by atoms with Crippen LogP contribution in [0.5, 0.6) is 0 Å². The van der Waals surface area contributed by atoms with Crippen LogP contribution in [0.3, 0.4) is 0 Å². The third-order valence-electron chi connectivity index (χ3n) is 4.68. The largest absolute Gasteiger partial charge is 0.381 e. The zero-order valence-corrected chi connectivity index (χ0v) is 15.3. The second-order valence-electron chi connectivity index (χ2n) is 6.90. The van der Waals surface area contributed by atoms with Crippen LogP contribution in [-0.4, -0.2) is 42.0 Å². The van der Waals surface area contributed by atoms with Gasteiger partial charge in [0.05, 0.1) is 6.04 Å². The Morgan fingerprint density at radius 2 is 1.84 bits per heavy atom. The van der Waals surface area contributed by atoms with Crippen molar-refractivity contribution < 1.29 is 14.3 Å². The highest BCUT2D eigenvalue weighted by Gasteiger charge is 2.26. The standard InChI is InChI=1S/C19H29N3O3/c1-13(2)22(14(3)23)12-15-4-6-17(7-5-15)21-19(24)18(20)16-8-10-25-11-9-16/h4-7,13,16,18H,8-12,20H2,1-3H3,(H,21,24). The number of ether oxygens (including phenoxy) is 1. The maximum absolute atomic E-state index is 12.3. The monoisotopic (exact) mass is 347 g/mol. The predicted molar refractivity (Wildman–Crippen MR) is 98.0 cm³/mol. The zero-order valence-electron chi connectivity index (χ0n) is 15.3. The van der Waals surface area contributed by atoms with Crippen molar-refractivity contribution in [3.05, 3.63) is 29.8 Å². The first-order valence-electron chi connectivity index (χ1n) is 8.89. The van der Waals surface area contributed by atoms with Crippen LogP contribution in [0.1, 0.15) is 39.2 Å². The van der Waals surface area contributed by atoms with Crippen molar-refractivity contribution in [2.45, 2.75) is 52.2 Å². The van der Waals surface area contributed by atoms with Crippen LogP contribution in [0.4, 0.5) is 5.69 Å². The SMILES string of the molecule is CC(=O)N(Cc1ccc(NC(=O)C(N)C2CCOCC2)cc1)C(C)C. The van der Waals surface area contributed by atoms with Gasteiger partial charge in [0.2, 0.25) is 11.8 Å². The van der Waals surface area contributed by atoms with Gasteiger partial charge in [-0.15, -0.1) is 0 Å². The highest BCUT2D eigenvalue weighted by atomic mass is 16.5. The number of nitrogens with two attached hydrogens (primary N) is 1. The summed E-state index contributed by atoms with van der Waals surface area (Å²) in [6.07, 6.45) is 1.65. The maximum Gasteiger partial charge on any atom is 0.241 e. The molecule has 6 nitrogen and oxygen atoms in total. The Labute approximate surface area is 149 Å². The van der Waals surface area contributed by atoms with Gasteiger partial charge in [0, 0.05) is 38.4 Å². The lowest BCUT2D eigenvalue weighted by atomic mass is 9.92. The Morgan fingerprint density at radius 3 is 2.36 bits per heavy atom. The molecule has 3 N–H and O–H groups in total. The molecule has 1 aliphatic heterocycles. The smallest absolute Gasteiger partial charge is 0.241 e. The molecule has 1 aromatic rings. The minimum Gasteiger partial charge on any atom is -0.381 e. The molecule has 0 aliphatic carbocycles. The van der Waals surface area contributed by atoms with Gasteiger partial charge in [-0.25, -0.2) is 0 Å². The molecule has 1 heterocycles. The number of amides is 2. The number of hydrogen-bond donors (Lipinski definition) is 2. The Balaban J connectivity index is 1.93. The third-order valence-corrected chi connectivity index (χ3v) is 4.68. The molecule has 6 heteroatoms. The minimum atomic E-state index is -0.516. The van der Waals surface area contributed by atoms with E-state index < -0.39 is 6.04 Å². The molecule has 0 bridgehead atoms. The van der Waals surface area contributed by atoms with E-state index in [9.17, 15) is 9.59 Å². The Morgan fingerprint density at radius 1 is 1.24 bits per heavy atom. The van der Waals surface area contributed by atoms with Gasteiger partial charge in [-0.3, -0.25) is 9.59 Å². The van der Waals surface area contributed by atoms with Gasteiger partial charge in [0.1, 0.15) is 0 Å². The van der Waals surface area contributed by atoms with E-state index in [1.807, 2.05) is 38.1 Å². The normalized spacial score (nSPS) is 16.5. The number of nitrogens with one attached hydrogen (secondary N) is 1. The topological polar surface area (TPSA) is 84.7 Å². The van der Waals surface area contributed by atoms with Crippen molar-refractivity contribution >= 4 is 17.5 Å². The van der Waals surface area contributed by atoms with E-state index in [1.165, 1.54) is 0 Å². The van der Waals surface area contributed by atoms with Gasteiger partial charge in [-0.1, -0.05) is 12.1 Å². The summed E-state index contributed by atoms with van der Waals surface area (Å²) in [4.78, 5) is 25.8. The number of anilines is 1. The summed E-state index contributed by atoms with van der Waals surface area (Å²) in [7, 11) is 0. The van der Waals surface area contributed by atoms with Crippen LogP contribution in [0.15, 0.2) is 24.3 Å². The van der Waals surface area contributed by atoms with Gasteiger partial charge in [-0.2, -0.15) is 0 Å². The predicted octanol–water partition coefficient (Wildman–Crippen LogP) is 2.14. The summed E-state index contributed by atoms with van der Waals surface area (Å²) in [6.45, 7) is 7.46. The fraction of sp³-hybridized carbons (Fsp3) is 0.579. The first-order chi connectivity index (χ1) is 11.9. The fourth-order valence-electron chi connectivity index (χ4n) is 3.06. The summed E-state index contributed by atoms with van der Waals surface area (Å²) in [6, 6.07) is 7.18. The maximum atomic E-state index is 12.3. The molecule has 1 fully saturated rings. The Bertz CT molecular complexity index is 580. The second kappa shape index (κ2) is 8.97. The average Bonchev–Trinajstić information content (AvgIpc) is 2.60. The van der Waals surface area contributed by atoms with E-state index in [0.717, 1.165) is 24.1 Å². The number of carbonyl (C=O) groups is 2. The van der Waals surface area contributed by atoms with Gasteiger partial charge < -0.3 is 20.7 Å². The highest BCUT2D eigenvalue weighted by molar-refractivity contribution is 5.94. The molecular weight excluding hydrogens is 318 g/mol. The van der Waals surface area contributed by atoms with Crippen LogP contribution < -0.4 is 11.1 Å². The number of benzene rings is 1. The lowest BCUT2D eigenvalue weighted by molar-refractivity contribution is -0.131. The molecule has 0 aromatic heterocycles. The van der Waals surface area contributed by atoms with E-state index in [4.69, 9.17) is 10.5 Å². The molecule has 1 saturated heterocycles. The molecule has 138 valence electrons. The first kappa shape index (κ1) is 19.4. The molecule has 2 amide bonds. The van der Waals surface area contributed by atoms with Gasteiger partial charge >= 0.3 is 0 Å². The molecule has 25 heavy (non-hydrogen) atoms. The molecule has 0 saturated carbocycles. The lowest BCUT2D eigenvalue weighted by Gasteiger charge is -2.27. The van der Waals surface area contributed by atoms with Crippen molar-refractivity contribution in [3.8, 4) is 0 Å². The minimum absolute atomic E-state index is 0.0508. The van der Waals surface area contributed by atoms with Crippen molar-refractivity contribution in [2.75, 3.05) is 18.5 Å². The van der Waals surface area contributed by atoms with Gasteiger partial charge in [-0.05, 0) is 50.3 Å². The van der Waals surface area contributed by atoms with E-state index in [0.29, 0.717) is 19.8 Å². The van der Waals surface area contributed by atoms with Crippen molar-refractivity contribution in [2.24, 2.45) is 11.7 Å². The van der Waals surface area contributed by atoms with Crippen molar-refractivity contribution in [1.82, 2.24) is 4.90 Å². The summed E-state index contributed by atoms with van der Waals surface area (Å²) in [5, 5.41) is 2.88. The lowest BCUT2D eigenvalue weighted by Crippen LogP contribution is -2.44. The molecule has 1 atom stereocenters. The van der Waals surface area contributed by atoms with Crippen molar-refractivity contribution in [1.29, 1.82) is 0 Å². The molecule has 0 spiro atoms. The van der Waals surface area contributed by atoms with E-state index in [1.54, 1.807) is 11.8 Å². The van der Waals surface area contributed by atoms with Crippen LogP contribution in [0.25, 0.3) is 0 Å². The van der Waals surface area contributed by atoms with E-state index in [2.05, 4.69) is 5.32 Å². The zero-order chi connectivity index (χ0) is 18.4. The first-order valence-corrected chi connectivity index (χ1v) is 8.89. The van der Waals surface area contributed by atoms with E-state index >= 15 is 0 Å². The molecular formula is C19H29N3O3. The molecule has 1 unspecified atom stereocenters. The Kier molecular flexibility index (Phi) is 6.96. The van der Waals surface area contributed by atoms with E-state index in [-0.39, 0.29) is 23.8 Å². The van der Waals surface area contributed by atoms with Crippen LogP contribution in [0, 0.1) is 5.92 Å². The quantitative estimate of drug-likeness (QED) is 0.826. The highest BCUT2D eigenvalue weighted by Crippen LogP contribution is 2.19. The summed E-state index contributed by atoms with van der Waals surface area (Å²) >= 11 is 0. The van der Waals surface area contributed by atoms with Crippen LogP contribution in [-0.2, 0) is 20.9 Å². The summed E-state index contributed by atoms with van der Waals surface area (Å²) in [5.41, 5.74) is 7.83. The molecule has 0 radical (unpaired) electrons. The summed E-state index contributed by atoms with van der Waals surface area (Å²) in [5.74, 6) is 0.0604. The third kappa shape index (κ3) is 5.54. The van der Waals surface area contributed by atoms with Gasteiger partial charge in [0.25, 0.3) is 0 Å². The molecule has 2 rings (SSSR count). The van der Waals surface area contributed by atoms with Crippen molar-refractivity contribution in [3.63, 3.8) is 0 Å².